The third-order valence-corrected chi connectivity index (χ3v) is 6.30. The number of rotatable bonds is 2. The van der Waals surface area contributed by atoms with E-state index >= 15 is 0 Å². The molecule has 4 atom stereocenters. The van der Waals surface area contributed by atoms with Crippen molar-refractivity contribution in [1.82, 2.24) is 0 Å². The van der Waals surface area contributed by atoms with Gasteiger partial charge < -0.3 is 5.73 Å². The number of hydrogen-bond acceptors (Lipinski definition) is 2. The maximum atomic E-state index is 12.6. The van der Waals surface area contributed by atoms with Gasteiger partial charge in [-0.2, -0.15) is 0 Å². The highest BCUT2D eigenvalue weighted by Crippen LogP contribution is 2.48. The highest BCUT2D eigenvalue weighted by atomic mass is 35.5. The zero-order valence-electron chi connectivity index (χ0n) is 9.56. The second-order valence-corrected chi connectivity index (χ2v) is 7.27. The Bertz CT molecular complexity index is 476. The summed E-state index contributed by atoms with van der Waals surface area (Å²) in [4.78, 5) is 0.770. The molecule has 1 aromatic rings. The van der Waals surface area contributed by atoms with E-state index in [0.717, 1.165) is 17.2 Å². The van der Waals surface area contributed by atoms with Gasteiger partial charge in [-0.05, 0) is 49.3 Å². The first-order valence-electron chi connectivity index (χ1n) is 6.11. The van der Waals surface area contributed by atoms with Crippen LogP contribution < -0.4 is 5.73 Å². The Morgan fingerprint density at radius 2 is 2.12 bits per heavy atom. The van der Waals surface area contributed by atoms with Crippen LogP contribution in [0.4, 0.5) is 5.69 Å². The summed E-state index contributed by atoms with van der Waals surface area (Å²) in [5.74, 6) is 1.46. The first-order valence-corrected chi connectivity index (χ1v) is 7.70. The van der Waals surface area contributed by atoms with Crippen molar-refractivity contribution in [3.8, 4) is 0 Å². The van der Waals surface area contributed by atoms with Crippen molar-refractivity contribution < 1.29 is 4.21 Å². The number of fused-ring (bicyclic) bond motifs is 2. The van der Waals surface area contributed by atoms with E-state index in [1.807, 2.05) is 6.07 Å². The van der Waals surface area contributed by atoms with Crippen LogP contribution in [0.1, 0.15) is 25.7 Å². The fourth-order valence-corrected chi connectivity index (χ4v) is 5.36. The molecule has 2 N–H and O–H groups in total. The Hall–Kier alpha value is -0.540. The molecular weight excluding hydrogens is 254 g/mol. The summed E-state index contributed by atoms with van der Waals surface area (Å²) < 4.78 is 12.6. The van der Waals surface area contributed by atoms with Crippen molar-refractivity contribution in [3.05, 3.63) is 23.2 Å². The number of benzene rings is 1. The zero-order chi connectivity index (χ0) is 12.0. The van der Waals surface area contributed by atoms with Gasteiger partial charge in [0, 0.05) is 16.0 Å². The molecule has 0 spiro atoms. The van der Waals surface area contributed by atoms with E-state index in [4.69, 9.17) is 17.3 Å². The van der Waals surface area contributed by atoms with Gasteiger partial charge in [-0.3, -0.25) is 4.21 Å². The SMILES string of the molecule is Nc1cc(Cl)ccc1S(=O)C1CC2CCC1C2. The first-order chi connectivity index (χ1) is 8.15. The third kappa shape index (κ3) is 2.00. The molecular formula is C13H16ClNOS. The molecule has 1 aromatic carbocycles. The molecule has 3 rings (SSSR count). The van der Waals surface area contributed by atoms with E-state index in [1.165, 1.54) is 19.3 Å². The number of nitrogens with two attached hydrogens (primary N) is 1. The molecule has 0 radical (unpaired) electrons. The summed E-state index contributed by atoms with van der Waals surface area (Å²) in [5, 5.41) is 0.924. The van der Waals surface area contributed by atoms with E-state index in [1.54, 1.807) is 12.1 Å². The lowest BCUT2D eigenvalue weighted by Crippen LogP contribution is -2.23. The molecule has 0 aliphatic heterocycles. The molecule has 2 bridgehead atoms. The second kappa shape index (κ2) is 4.29. The van der Waals surface area contributed by atoms with Crippen molar-refractivity contribution in [2.75, 3.05) is 5.73 Å². The van der Waals surface area contributed by atoms with E-state index in [9.17, 15) is 4.21 Å². The maximum absolute atomic E-state index is 12.6. The van der Waals surface area contributed by atoms with Gasteiger partial charge in [0.05, 0.1) is 15.7 Å². The number of nitrogen functional groups attached to an aromatic ring is 1. The monoisotopic (exact) mass is 269 g/mol. The smallest absolute Gasteiger partial charge is 0.0621 e. The first kappa shape index (κ1) is 11.5. The van der Waals surface area contributed by atoms with E-state index in [2.05, 4.69) is 0 Å². The van der Waals surface area contributed by atoms with Crippen LogP contribution in [0.5, 0.6) is 0 Å². The van der Waals surface area contributed by atoms with Gasteiger partial charge in [-0.1, -0.05) is 18.0 Å². The van der Waals surface area contributed by atoms with Crippen LogP contribution in [0.3, 0.4) is 0 Å². The summed E-state index contributed by atoms with van der Waals surface area (Å²) in [6.07, 6.45) is 4.95. The molecule has 2 aliphatic carbocycles. The lowest BCUT2D eigenvalue weighted by Gasteiger charge is -2.21. The largest absolute Gasteiger partial charge is 0.398 e. The van der Waals surface area contributed by atoms with Crippen LogP contribution in [-0.2, 0) is 10.8 Å². The van der Waals surface area contributed by atoms with E-state index in [-0.39, 0.29) is 0 Å². The average Bonchev–Trinajstić information content (AvgIpc) is 2.89. The van der Waals surface area contributed by atoms with Crippen LogP contribution in [0.15, 0.2) is 23.1 Å². The van der Waals surface area contributed by atoms with Gasteiger partial charge in [0.1, 0.15) is 0 Å². The normalized spacial score (nSPS) is 32.9. The fraction of sp³-hybridized carbons (Fsp3) is 0.538. The molecule has 2 aliphatic rings. The summed E-state index contributed by atoms with van der Waals surface area (Å²) in [6.45, 7) is 0. The Kier molecular flexibility index (Phi) is 2.91. The van der Waals surface area contributed by atoms with Crippen LogP contribution in [0.25, 0.3) is 0 Å². The lowest BCUT2D eigenvalue weighted by molar-refractivity contribution is 0.482. The molecule has 4 unspecified atom stereocenters. The van der Waals surface area contributed by atoms with Gasteiger partial charge >= 0.3 is 0 Å². The Morgan fingerprint density at radius 1 is 1.29 bits per heavy atom. The fourth-order valence-electron chi connectivity index (χ4n) is 3.31. The van der Waals surface area contributed by atoms with Crippen molar-refractivity contribution in [3.63, 3.8) is 0 Å². The Morgan fingerprint density at radius 3 is 2.71 bits per heavy atom. The Labute approximate surface area is 109 Å². The van der Waals surface area contributed by atoms with Gasteiger partial charge in [-0.15, -0.1) is 0 Å². The molecule has 4 heteroatoms. The highest BCUT2D eigenvalue weighted by molar-refractivity contribution is 7.85. The minimum absolute atomic E-state index is 0.317. The molecule has 2 nitrogen and oxygen atoms in total. The molecule has 0 heterocycles. The second-order valence-electron chi connectivity index (χ2n) is 5.19. The maximum Gasteiger partial charge on any atom is 0.0621 e. The van der Waals surface area contributed by atoms with Gasteiger partial charge in [0.2, 0.25) is 0 Å². The summed E-state index contributed by atoms with van der Waals surface area (Å²) in [5.41, 5.74) is 6.48. The summed E-state index contributed by atoms with van der Waals surface area (Å²) in [6, 6.07) is 5.29. The van der Waals surface area contributed by atoms with Crippen molar-refractivity contribution in [2.24, 2.45) is 11.8 Å². The number of anilines is 1. The van der Waals surface area contributed by atoms with E-state index in [0.29, 0.717) is 21.9 Å². The van der Waals surface area contributed by atoms with Crippen LogP contribution in [-0.4, -0.2) is 9.46 Å². The molecule has 2 saturated carbocycles. The topological polar surface area (TPSA) is 43.1 Å². The quantitative estimate of drug-likeness (QED) is 0.838. The molecule has 0 amide bonds. The van der Waals surface area contributed by atoms with Gasteiger partial charge in [0.15, 0.2) is 0 Å². The van der Waals surface area contributed by atoms with Crippen LogP contribution in [0, 0.1) is 11.8 Å². The summed E-state index contributed by atoms with van der Waals surface area (Å²) in [7, 11) is -0.962. The number of halogens is 1. The van der Waals surface area contributed by atoms with Crippen molar-refractivity contribution >= 4 is 28.1 Å². The van der Waals surface area contributed by atoms with Gasteiger partial charge in [-0.25, -0.2) is 0 Å². The standard InChI is InChI=1S/C13H16ClNOS/c14-10-3-4-12(11(15)7-10)17(16)13-6-8-1-2-9(13)5-8/h3-4,7-9,13H,1-2,5-6,15H2. The number of hydrogen-bond donors (Lipinski definition) is 1. The molecule has 2 fully saturated rings. The predicted octanol–water partition coefficient (Wildman–Crippen LogP) is 3.22. The zero-order valence-corrected chi connectivity index (χ0v) is 11.1. The predicted molar refractivity (Wildman–Crippen MR) is 71.5 cm³/mol. The van der Waals surface area contributed by atoms with Crippen molar-refractivity contribution in [2.45, 2.75) is 35.8 Å². The van der Waals surface area contributed by atoms with Crippen LogP contribution >= 0.6 is 11.6 Å². The molecule has 17 heavy (non-hydrogen) atoms. The minimum atomic E-state index is -0.962. The third-order valence-electron chi connectivity index (χ3n) is 4.14. The molecule has 92 valence electrons. The summed E-state index contributed by atoms with van der Waals surface area (Å²) >= 11 is 5.87. The molecule has 0 aromatic heterocycles. The van der Waals surface area contributed by atoms with Crippen molar-refractivity contribution in [1.29, 1.82) is 0 Å². The van der Waals surface area contributed by atoms with E-state index < -0.39 is 10.8 Å². The van der Waals surface area contributed by atoms with Crippen LogP contribution in [0.2, 0.25) is 5.02 Å². The average molecular weight is 270 g/mol. The highest BCUT2D eigenvalue weighted by Gasteiger charge is 2.43. The molecule has 0 saturated heterocycles. The Balaban J connectivity index is 1.87. The lowest BCUT2D eigenvalue weighted by atomic mass is 10.0. The van der Waals surface area contributed by atoms with Gasteiger partial charge in [0.25, 0.3) is 0 Å². The minimum Gasteiger partial charge on any atom is -0.398 e.